The Labute approximate surface area is 116 Å². The van der Waals surface area contributed by atoms with Gasteiger partial charge in [0.05, 0.1) is 0 Å². The van der Waals surface area contributed by atoms with Gasteiger partial charge in [-0.2, -0.15) is 0 Å². The summed E-state index contributed by atoms with van der Waals surface area (Å²) in [4.78, 5) is 13.9. The van der Waals surface area contributed by atoms with Crippen LogP contribution in [-0.4, -0.2) is 37.0 Å². The molecule has 0 bridgehead atoms. The van der Waals surface area contributed by atoms with Crippen molar-refractivity contribution in [2.24, 2.45) is 0 Å². The van der Waals surface area contributed by atoms with Crippen LogP contribution in [0.3, 0.4) is 0 Å². The fourth-order valence-corrected chi connectivity index (χ4v) is 2.36. The van der Waals surface area contributed by atoms with Gasteiger partial charge < -0.3 is 10.2 Å². The second-order valence-electron chi connectivity index (χ2n) is 4.28. The minimum atomic E-state index is 0.0921. The molecule has 1 fully saturated rings. The molecule has 2 rings (SSSR count). The van der Waals surface area contributed by atoms with Crippen molar-refractivity contribution < 1.29 is 4.79 Å². The number of hydrogen-bond donors (Lipinski definition) is 1. The molecule has 0 radical (unpaired) electrons. The third-order valence-corrected chi connectivity index (χ3v) is 3.68. The molecule has 1 aliphatic heterocycles. The molecular formula is C14H17BrN2O. The predicted octanol–water partition coefficient (Wildman–Crippen LogP) is 2.28. The molecular weight excluding hydrogens is 292 g/mol. The summed E-state index contributed by atoms with van der Waals surface area (Å²) in [6.45, 7) is 3.51. The van der Waals surface area contributed by atoms with Crippen molar-refractivity contribution in [2.45, 2.75) is 6.42 Å². The van der Waals surface area contributed by atoms with Crippen molar-refractivity contribution in [1.82, 2.24) is 10.2 Å². The van der Waals surface area contributed by atoms with Crippen LogP contribution >= 0.6 is 15.9 Å². The number of carbonyl (C=O) groups is 1. The Kier molecular flexibility index (Phi) is 4.96. The zero-order valence-corrected chi connectivity index (χ0v) is 11.8. The zero-order chi connectivity index (χ0) is 12.8. The van der Waals surface area contributed by atoms with Gasteiger partial charge in [0.15, 0.2) is 0 Å². The van der Waals surface area contributed by atoms with Gasteiger partial charge in [-0.1, -0.05) is 34.1 Å². The maximum atomic E-state index is 12.0. The van der Waals surface area contributed by atoms with E-state index in [-0.39, 0.29) is 5.91 Å². The summed E-state index contributed by atoms with van der Waals surface area (Å²) in [5, 5.41) is 3.29. The summed E-state index contributed by atoms with van der Waals surface area (Å²) in [6, 6.07) is 7.88. The molecule has 1 aliphatic rings. The highest BCUT2D eigenvalue weighted by atomic mass is 79.9. The lowest BCUT2D eigenvalue weighted by atomic mass is 10.2. The summed E-state index contributed by atoms with van der Waals surface area (Å²) in [7, 11) is 0. The van der Waals surface area contributed by atoms with E-state index < -0.39 is 0 Å². The summed E-state index contributed by atoms with van der Waals surface area (Å²) < 4.78 is 1.01. The number of rotatable bonds is 2. The van der Waals surface area contributed by atoms with Crippen LogP contribution in [-0.2, 0) is 4.79 Å². The van der Waals surface area contributed by atoms with E-state index in [4.69, 9.17) is 0 Å². The second-order valence-corrected chi connectivity index (χ2v) is 5.14. The Morgan fingerprint density at radius 3 is 2.94 bits per heavy atom. The highest BCUT2D eigenvalue weighted by Gasteiger charge is 2.12. The lowest BCUT2D eigenvalue weighted by Gasteiger charge is -2.17. The first-order valence-corrected chi connectivity index (χ1v) is 6.99. The first-order valence-electron chi connectivity index (χ1n) is 6.19. The van der Waals surface area contributed by atoms with Crippen molar-refractivity contribution in [3.63, 3.8) is 0 Å². The van der Waals surface area contributed by atoms with E-state index in [0.29, 0.717) is 0 Å². The molecule has 1 N–H and O–H groups in total. The van der Waals surface area contributed by atoms with Gasteiger partial charge in [-0.25, -0.2) is 0 Å². The van der Waals surface area contributed by atoms with E-state index in [1.54, 1.807) is 6.08 Å². The molecule has 0 spiro atoms. The van der Waals surface area contributed by atoms with Gasteiger partial charge in [-0.05, 0) is 30.7 Å². The van der Waals surface area contributed by atoms with E-state index >= 15 is 0 Å². The van der Waals surface area contributed by atoms with Crippen LogP contribution in [0.4, 0.5) is 0 Å². The Hall–Kier alpha value is -1.13. The zero-order valence-electron chi connectivity index (χ0n) is 10.2. The van der Waals surface area contributed by atoms with Crippen LogP contribution in [0.5, 0.6) is 0 Å². The molecule has 4 heteroatoms. The first kappa shape index (κ1) is 13.3. The van der Waals surface area contributed by atoms with E-state index in [2.05, 4.69) is 21.2 Å². The topological polar surface area (TPSA) is 32.3 Å². The number of carbonyl (C=O) groups excluding carboxylic acids is 1. The van der Waals surface area contributed by atoms with Crippen LogP contribution in [0.1, 0.15) is 12.0 Å². The molecule has 1 saturated heterocycles. The predicted molar refractivity (Wildman–Crippen MR) is 77.2 cm³/mol. The molecule has 0 saturated carbocycles. The molecule has 96 valence electrons. The maximum Gasteiger partial charge on any atom is 0.246 e. The smallest absolute Gasteiger partial charge is 0.246 e. The van der Waals surface area contributed by atoms with Crippen LogP contribution in [0.15, 0.2) is 34.8 Å². The summed E-state index contributed by atoms with van der Waals surface area (Å²) in [6.07, 6.45) is 4.55. The molecule has 0 aromatic heterocycles. The number of hydrogen-bond acceptors (Lipinski definition) is 2. The average Bonchev–Trinajstić information content (AvgIpc) is 2.66. The van der Waals surface area contributed by atoms with Gasteiger partial charge in [0.2, 0.25) is 5.91 Å². The minimum absolute atomic E-state index is 0.0921. The third kappa shape index (κ3) is 3.68. The Morgan fingerprint density at radius 2 is 2.11 bits per heavy atom. The molecule has 1 amide bonds. The number of halogens is 1. The standard InChI is InChI=1S/C14H17BrN2O/c15-13-5-2-1-4-12(13)6-7-14(18)17-10-3-8-16-9-11-17/h1-2,4-7,16H,3,8-11H2. The monoisotopic (exact) mass is 308 g/mol. The van der Waals surface area contributed by atoms with Gasteiger partial charge in [0.25, 0.3) is 0 Å². The summed E-state index contributed by atoms with van der Waals surface area (Å²) in [5.41, 5.74) is 1.03. The van der Waals surface area contributed by atoms with E-state index in [0.717, 1.165) is 42.6 Å². The number of benzene rings is 1. The van der Waals surface area contributed by atoms with Crippen molar-refractivity contribution in [3.8, 4) is 0 Å². The van der Waals surface area contributed by atoms with Crippen molar-refractivity contribution >= 4 is 27.9 Å². The summed E-state index contributed by atoms with van der Waals surface area (Å²) in [5.74, 6) is 0.0921. The molecule has 18 heavy (non-hydrogen) atoms. The van der Waals surface area contributed by atoms with Crippen molar-refractivity contribution in [2.75, 3.05) is 26.2 Å². The van der Waals surface area contributed by atoms with Crippen molar-refractivity contribution in [3.05, 3.63) is 40.4 Å². The number of amides is 1. The lowest BCUT2D eigenvalue weighted by Crippen LogP contribution is -2.32. The van der Waals surface area contributed by atoms with Gasteiger partial charge in [0.1, 0.15) is 0 Å². The van der Waals surface area contributed by atoms with Gasteiger partial charge in [-0.3, -0.25) is 4.79 Å². The number of nitrogens with zero attached hydrogens (tertiary/aromatic N) is 1. The molecule has 0 unspecified atom stereocenters. The fourth-order valence-electron chi connectivity index (χ4n) is 1.94. The van der Waals surface area contributed by atoms with Gasteiger partial charge in [0, 0.05) is 30.2 Å². The largest absolute Gasteiger partial charge is 0.338 e. The highest BCUT2D eigenvalue weighted by molar-refractivity contribution is 9.10. The minimum Gasteiger partial charge on any atom is -0.338 e. The lowest BCUT2D eigenvalue weighted by molar-refractivity contribution is -0.125. The van der Waals surface area contributed by atoms with Gasteiger partial charge >= 0.3 is 0 Å². The quantitative estimate of drug-likeness (QED) is 0.850. The summed E-state index contributed by atoms with van der Waals surface area (Å²) >= 11 is 3.47. The molecule has 0 atom stereocenters. The molecule has 1 heterocycles. The van der Waals surface area contributed by atoms with Gasteiger partial charge in [-0.15, -0.1) is 0 Å². The Balaban J connectivity index is 2.00. The highest BCUT2D eigenvalue weighted by Crippen LogP contribution is 2.17. The molecule has 0 aliphatic carbocycles. The second kappa shape index (κ2) is 6.71. The number of nitrogens with one attached hydrogen (secondary N) is 1. The van der Waals surface area contributed by atoms with Crippen LogP contribution in [0.2, 0.25) is 0 Å². The van der Waals surface area contributed by atoms with E-state index in [9.17, 15) is 4.79 Å². The third-order valence-electron chi connectivity index (χ3n) is 2.96. The molecule has 3 nitrogen and oxygen atoms in total. The Bertz CT molecular complexity index is 437. The van der Waals surface area contributed by atoms with E-state index in [1.807, 2.05) is 35.2 Å². The van der Waals surface area contributed by atoms with Crippen LogP contribution in [0, 0.1) is 0 Å². The fraction of sp³-hybridized carbons (Fsp3) is 0.357. The Morgan fingerprint density at radius 1 is 1.28 bits per heavy atom. The maximum absolute atomic E-state index is 12.0. The van der Waals surface area contributed by atoms with Crippen LogP contribution < -0.4 is 5.32 Å². The first-order chi connectivity index (χ1) is 8.77. The SMILES string of the molecule is O=C(C=Cc1ccccc1Br)N1CCCNCC1. The molecule has 1 aromatic carbocycles. The van der Waals surface area contributed by atoms with Crippen molar-refractivity contribution in [1.29, 1.82) is 0 Å². The van der Waals surface area contributed by atoms with Crippen LogP contribution in [0.25, 0.3) is 6.08 Å². The normalized spacial score (nSPS) is 16.8. The van der Waals surface area contributed by atoms with E-state index in [1.165, 1.54) is 0 Å². The molecule has 1 aromatic rings. The average molecular weight is 309 g/mol.